The van der Waals surface area contributed by atoms with Crippen molar-refractivity contribution in [1.29, 1.82) is 0 Å². The van der Waals surface area contributed by atoms with E-state index in [4.69, 9.17) is 4.74 Å². The van der Waals surface area contributed by atoms with Crippen LogP contribution in [0.1, 0.15) is 16.7 Å². The van der Waals surface area contributed by atoms with Gasteiger partial charge in [-0.25, -0.2) is 0 Å². The van der Waals surface area contributed by atoms with E-state index in [1.807, 2.05) is 84.9 Å². The maximum absolute atomic E-state index is 13.1. The second-order valence-corrected chi connectivity index (χ2v) is 11.1. The van der Waals surface area contributed by atoms with Gasteiger partial charge in [-0.1, -0.05) is 60.7 Å². The average molecular weight is 656 g/mol. The number of imide groups is 1. The highest BCUT2D eigenvalue weighted by Gasteiger charge is 2.35. The molecule has 0 aliphatic carbocycles. The summed E-state index contributed by atoms with van der Waals surface area (Å²) in [5.74, 6) is 0.438. The third-order valence-corrected chi connectivity index (χ3v) is 7.89. The molecule has 0 atom stereocenters. The fourth-order valence-electron chi connectivity index (χ4n) is 3.85. The smallest absolute Gasteiger partial charge is 0.293 e. The van der Waals surface area contributed by atoms with Crippen LogP contribution in [0, 0.1) is 3.57 Å². The molecule has 1 aliphatic rings. The third-order valence-electron chi connectivity index (χ3n) is 5.64. The first-order valence-corrected chi connectivity index (χ1v) is 13.6. The summed E-state index contributed by atoms with van der Waals surface area (Å²) in [6, 6.07) is 27.7. The molecule has 1 fully saturated rings. The number of amides is 2. The Hall–Kier alpha value is -2.62. The number of thioether (sulfide) groups is 1. The molecule has 5 rings (SSSR count). The van der Waals surface area contributed by atoms with Crippen molar-refractivity contribution in [2.45, 2.75) is 13.2 Å². The van der Waals surface area contributed by atoms with Crippen molar-refractivity contribution in [1.82, 2.24) is 4.90 Å². The predicted octanol–water partition coefficient (Wildman–Crippen LogP) is 8.02. The van der Waals surface area contributed by atoms with Gasteiger partial charge in [0.15, 0.2) is 0 Å². The highest BCUT2D eigenvalue weighted by atomic mass is 127. The quantitative estimate of drug-likeness (QED) is 0.156. The van der Waals surface area contributed by atoms with E-state index in [1.165, 1.54) is 8.47 Å². The van der Waals surface area contributed by atoms with Crippen molar-refractivity contribution in [3.63, 3.8) is 0 Å². The maximum atomic E-state index is 13.1. The summed E-state index contributed by atoms with van der Waals surface area (Å²) >= 11 is 6.81. The highest BCUT2D eigenvalue weighted by molar-refractivity contribution is 14.1. The van der Waals surface area contributed by atoms with Gasteiger partial charge in [-0.2, -0.15) is 0 Å². The van der Waals surface area contributed by atoms with Gasteiger partial charge in [0.05, 0.1) is 15.9 Å². The summed E-state index contributed by atoms with van der Waals surface area (Å²) in [5.41, 5.74) is 2.85. The Morgan fingerprint density at radius 2 is 1.71 bits per heavy atom. The van der Waals surface area contributed by atoms with E-state index in [1.54, 1.807) is 6.08 Å². The van der Waals surface area contributed by atoms with Crippen LogP contribution < -0.4 is 4.74 Å². The number of rotatable bonds is 6. The van der Waals surface area contributed by atoms with Crippen molar-refractivity contribution < 1.29 is 14.3 Å². The molecule has 1 heterocycles. The summed E-state index contributed by atoms with van der Waals surface area (Å²) in [4.78, 5) is 27.5. The number of hydrogen-bond acceptors (Lipinski definition) is 4. The van der Waals surface area contributed by atoms with Crippen molar-refractivity contribution in [3.05, 3.63) is 115 Å². The Bertz CT molecular complexity index is 1460. The van der Waals surface area contributed by atoms with Gasteiger partial charge < -0.3 is 4.74 Å². The second-order valence-electron chi connectivity index (χ2n) is 8.01. The largest absolute Gasteiger partial charge is 0.488 e. The fraction of sp³-hybridized carbons (Fsp3) is 0.0714. The van der Waals surface area contributed by atoms with E-state index in [9.17, 15) is 9.59 Å². The molecule has 4 aromatic rings. The van der Waals surface area contributed by atoms with Crippen molar-refractivity contribution >= 4 is 78.3 Å². The molecule has 1 aliphatic heterocycles. The summed E-state index contributed by atoms with van der Waals surface area (Å²) in [6.45, 7) is 0.709. The standard InChI is InChI=1S/C28H19BrINO3S/c29-24-14-19(10-13-25(24)34-17-18-8-11-22(30)12-9-18)15-26-27(32)31(28(33)35-26)16-21-6-3-5-20-4-1-2-7-23(20)21/h1-15H,16-17H2/b26-15+. The van der Waals surface area contributed by atoms with Gasteiger partial charge in [-0.05, 0) is 108 Å². The Labute approximate surface area is 229 Å². The highest BCUT2D eigenvalue weighted by Crippen LogP contribution is 2.35. The molecule has 4 nitrogen and oxygen atoms in total. The summed E-state index contributed by atoms with van der Waals surface area (Å²) in [5, 5.41) is 1.87. The van der Waals surface area contributed by atoms with E-state index < -0.39 is 0 Å². The second kappa shape index (κ2) is 10.6. The minimum atomic E-state index is -0.275. The number of carbonyl (C=O) groups excluding carboxylic acids is 2. The van der Waals surface area contributed by atoms with Gasteiger partial charge in [-0.3, -0.25) is 14.5 Å². The molecule has 2 amide bonds. The zero-order valence-corrected chi connectivity index (χ0v) is 23.0. The first-order valence-electron chi connectivity index (χ1n) is 10.9. The van der Waals surface area contributed by atoms with Crippen LogP contribution in [0.25, 0.3) is 16.8 Å². The molecule has 0 bridgehead atoms. The fourth-order valence-corrected chi connectivity index (χ4v) is 5.56. The number of benzene rings is 4. The predicted molar refractivity (Wildman–Crippen MR) is 153 cm³/mol. The number of nitrogens with zero attached hydrogens (tertiary/aromatic N) is 1. The zero-order chi connectivity index (χ0) is 24.4. The minimum Gasteiger partial charge on any atom is -0.488 e. The van der Waals surface area contributed by atoms with Crippen LogP contribution in [0.3, 0.4) is 0 Å². The minimum absolute atomic E-state index is 0.248. The number of hydrogen-bond donors (Lipinski definition) is 0. The Balaban J connectivity index is 1.30. The van der Waals surface area contributed by atoms with Crippen LogP contribution in [-0.4, -0.2) is 16.0 Å². The van der Waals surface area contributed by atoms with Crippen LogP contribution in [0.4, 0.5) is 4.79 Å². The lowest BCUT2D eigenvalue weighted by molar-refractivity contribution is -0.123. The van der Waals surface area contributed by atoms with Crippen LogP contribution in [0.15, 0.2) is 94.3 Å². The Morgan fingerprint density at radius 1 is 0.943 bits per heavy atom. The molecule has 4 aromatic carbocycles. The molecule has 174 valence electrons. The Morgan fingerprint density at radius 3 is 2.51 bits per heavy atom. The van der Waals surface area contributed by atoms with Gasteiger partial charge >= 0.3 is 0 Å². The molecule has 0 unspecified atom stereocenters. The SMILES string of the molecule is O=C1S/C(=C/c2ccc(OCc3ccc(I)cc3)c(Br)c2)C(=O)N1Cc1cccc2ccccc12. The number of ether oxygens (including phenoxy) is 1. The van der Waals surface area contributed by atoms with Crippen molar-refractivity contribution in [2.24, 2.45) is 0 Å². The first-order chi connectivity index (χ1) is 17.0. The van der Waals surface area contributed by atoms with Crippen molar-refractivity contribution in [3.8, 4) is 5.75 Å². The van der Waals surface area contributed by atoms with Crippen LogP contribution in [0.5, 0.6) is 5.75 Å². The van der Waals surface area contributed by atoms with Gasteiger partial charge in [0.1, 0.15) is 12.4 Å². The summed E-state index contributed by atoms with van der Waals surface area (Å²) < 4.78 is 7.90. The van der Waals surface area contributed by atoms with Gasteiger partial charge in [0.2, 0.25) is 0 Å². The number of carbonyl (C=O) groups is 2. The van der Waals surface area contributed by atoms with E-state index in [2.05, 4.69) is 38.5 Å². The monoisotopic (exact) mass is 655 g/mol. The molecule has 0 radical (unpaired) electrons. The topological polar surface area (TPSA) is 46.6 Å². The average Bonchev–Trinajstić information content (AvgIpc) is 3.12. The van der Waals surface area contributed by atoms with Crippen LogP contribution in [-0.2, 0) is 17.9 Å². The number of fused-ring (bicyclic) bond motifs is 1. The molecule has 1 saturated heterocycles. The number of halogens is 2. The lowest BCUT2D eigenvalue weighted by Crippen LogP contribution is -2.27. The first kappa shape index (κ1) is 24.1. The van der Waals surface area contributed by atoms with E-state index in [-0.39, 0.29) is 17.7 Å². The molecule has 0 N–H and O–H groups in total. The normalized spacial score (nSPS) is 14.8. The van der Waals surface area contributed by atoms with Crippen LogP contribution >= 0.6 is 50.3 Å². The van der Waals surface area contributed by atoms with Crippen molar-refractivity contribution in [2.75, 3.05) is 0 Å². The molecular weight excluding hydrogens is 637 g/mol. The zero-order valence-electron chi connectivity index (χ0n) is 18.4. The molecule has 0 spiro atoms. The van der Waals surface area contributed by atoms with E-state index in [0.717, 1.165) is 43.7 Å². The lowest BCUT2D eigenvalue weighted by atomic mass is 10.0. The molecule has 0 aromatic heterocycles. The summed E-state index contributed by atoms with van der Waals surface area (Å²) in [6.07, 6.45) is 1.75. The molecule has 0 saturated carbocycles. The molecular formula is C28H19BrINO3S. The molecule has 7 heteroatoms. The molecule has 35 heavy (non-hydrogen) atoms. The maximum Gasteiger partial charge on any atom is 0.293 e. The Kier molecular flexibility index (Phi) is 7.27. The van der Waals surface area contributed by atoms with E-state index >= 15 is 0 Å². The van der Waals surface area contributed by atoms with E-state index in [0.29, 0.717) is 17.3 Å². The summed E-state index contributed by atoms with van der Waals surface area (Å²) in [7, 11) is 0. The van der Waals surface area contributed by atoms with Gasteiger partial charge in [0.25, 0.3) is 11.1 Å². The lowest BCUT2D eigenvalue weighted by Gasteiger charge is -2.14. The van der Waals surface area contributed by atoms with Crippen LogP contribution in [0.2, 0.25) is 0 Å². The van der Waals surface area contributed by atoms with Gasteiger partial charge in [0, 0.05) is 3.57 Å². The third kappa shape index (κ3) is 5.47. The van der Waals surface area contributed by atoms with Gasteiger partial charge in [-0.15, -0.1) is 0 Å².